The van der Waals surface area contributed by atoms with E-state index in [-0.39, 0.29) is 18.4 Å². The van der Waals surface area contributed by atoms with Crippen molar-refractivity contribution in [3.63, 3.8) is 0 Å². The van der Waals surface area contributed by atoms with E-state index in [0.717, 1.165) is 12.2 Å². The van der Waals surface area contributed by atoms with E-state index in [1.165, 1.54) is 5.56 Å². The van der Waals surface area contributed by atoms with Crippen LogP contribution in [-0.4, -0.2) is 37.1 Å². The number of ether oxygens (including phenoxy) is 1. The van der Waals surface area contributed by atoms with Crippen molar-refractivity contribution in [1.29, 1.82) is 0 Å². The Morgan fingerprint density at radius 2 is 2.18 bits per heavy atom. The molecule has 1 heterocycles. The van der Waals surface area contributed by atoms with Crippen molar-refractivity contribution in [2.45, 2.75) is 38.3 Å². The fraction of sp³-hybridized carbons (Fsp3) is 0.500. The molecule has 22 heavy (non-hydrogen) atoms. The van der Waals surface area contributed by atoms with Gasteiger partial charge in [-0.2, -0.15) is 0 Å². The molecule has 4 N–H and O–H groups in total. The number of carbonyl (C=O) groups excluding carboxylic acids is 2. The Labute approximate surface area is 130 Å². The number of hydrogen-bond donors (Lipinski definition) is 3. The number of nitrogens with one attached hydrogen (secondary N) is 2. The molecule has 1 aliphatic rings. The molecule has 6 heteroatoms. The van der Waals surface area contributed by atoms with Crippen LogP contribution in [0, 0.1) is 0 Å². The summed E-state index contributed by atoms with van der Waals surface area (Å²) in [6.07, 6.45) is 0.533. The summed E-state index contributed by atoms with van der Waals surface area (Å²) in [7, 11) is 0. The Bertz CT molecular complexity index is 547. The second-order valence-electron chi connectivity index (χ2n) is 5.49. The molecule has 0 saturated carbocycles. The number of anilines is 1. The van der Waals surface area contributed by atoms with Crippen molar-refractivity contribution in [1.82, 2.24) is 5.32 Å². The minimum Gasteiger partial charge on any atom is -0.464 e. The molecule has 6 nitrogen and oxygen atoms in total. The van der Waals surface area contributed by atoms with Gasteiger partial charge in [0.05, 0.1) is 12.6 Å². The largest absolute Gasteiger partial charge is 0.464 e. The first-order valence-corrected chi connectivity index (χ1v) is 7.58. The highest BCUT2D eigenvalue weighted by Gasteiger charge is 2.27. The van der Waals surface area contributed by atoms with Crippen LogP contribution in [0.1, 0.15) is 31.7 Å². The number of benzene rings is 1. The predicted molar refractivity (Wildman–Crippen MR) is 84.5 cm³/mol. The molecule has 1 unspecified atom stereocenters. The van der Waals surface area contributed by atoms with Gasteiger partial charge < -0.3 is 21.1 Å². The number of nitrogens with two attached hydrogens (primary N) is 1. The number of hydrogen-bond acceptors (Lipinski definition) is 5. The Balaban J connectivity index is 1.89. The van der Waals surface area contributed by atoms with Gasteiger partial charge in [0.1, 0.15) is 6.04 Å². The first kappa shape index (κ1) is 16.3. The van der Waals surface area contributed by atoms with Gasteiger partial charge in [-0.15, -0.1) is 0 Å². The lowest BCUT2D eigenvalue weighted by Crippen LogP contribution is -2.48. The molecule has 1 aromatic rings. The quantitative estimate of drug-likeness (QED) is 0.681. The number of para-hydroxylation sites is 1. The van der Waals surface area contributed by atoms with E-state index in [2.05, 4.69) is 10.6 Å². The summed E-state index contributed by atoms with van der Waals surface area (Å²) < 4.78 is 4.86. The third-order valence-corrected chi connectivity index (χ3v) is 3.81. The van der Waals surface area contributed by atoms with Gasteiger partial charge in [0, 0.05) is 18.2 Å². The lowest BCUT2D eigenvalue weighted by molar-refractivity contribution is -0.147. The number of amides is 1. The van der Waals surface area contributed by atoms with Gasteiger partial charge in [-0.25, -0.2) is 4.79 Å². The molecule has 120 valence electrons. The first-order valence-electron chi connectivity index (χ1n) is 7.58. The van der Waals surface area contributed by atoms with Crippen LogP contribution in [-0.2, 0) is 14.3 Å². The van der Waals surface area contributed by atoms with Crippen LogP contribution >= 0.6 is 0 Å². The van der Waals surface area contributed by atoms with Gasteiger partial charge in [-0.3, -0.25) is 4.79 Å². The van der Waals surface area contributed by atoms with E-state index < -0.39 is 18.1 Å². The normalized spacial score (nSPS) is 18.8. The molecule has 3 atom stereocenters. The maximum absolute atomic E-state index is 12.1. The number of fused-ring (bicyclic) bond motifs is 1. The lowest BCUT2D eigenvalue weighted by atomic mass is 9.94. The Morgan fingerprint density at radius 3 is 2.91 bits per heavy atom. The molecule has 1 amide bonds. The molecule has 0 spiro atoms. The minimum absolute atomic E-state index is 0.204. The van der Waals surface area contributed by atoms with Gasteiger partial charge in [0.15, 0.2) is 0 Å². The Kier molecular flexibility index (Phi) is 5.38. The standard InChI is InChI=1S/C16H23N3O3/c1-3-22-16(21)10(2)19-15(20)13(17)8-11-9-18-14-7-5-4-6-12(11)14/h4-7,10-11,13,18H,3,8-9,17H2,1-2H3,(H,19,20)/t10-,11?,13-/m0/s1. The second-order valence-corrected chi connectivity index (χ2v) is 5.49. The monoisotopic (exact) mass is 305 g/mol. The maximum Gasteiger partial charge on any atom is 0.328 e. The smallest absolute Gasteiger partial charge is 0.328 e. The molecule has 0 bridgehead atoms. The number of esters is 1. The first-order chi connectivity index (χ1) is 10.5. The van der Waals surface area contributed by atoms with Crippen molar-refractivity contribution in [2.75, 3.05) is 18.5 Å². The topological polar surface area (TPSA) is 93.5 Å². The van der Waals surface area contributed by atoms with Crippen molar-refractivity contribution >= 4 is 17.6 Å². The van der Waals surface area contributed by atoms with Crippen LogP contribution in [0.15, 0.2) is 24.3 Å². The Hall–Kier alpha value is -2.08. The zero-order chi connectivity index (χ0) is 16.1. The fourth-order valence-corrected chi connectivity index (χ4v) is 2.63. The highest BCUT2D eigenvalue weighted by atomic mass is 16.5. The van der Waals surface area contributed by atoms with Crippen molar-refractivity contribution in [2.24, 2.45) is 5.73 Å². The van der Waals surface area contributed by atoms with E-state index in [1.807, 2.05) is 24.3 Å². The molecule has 1 aliphatic heterocycles. The van der Waals surface area contributed by atoms with E-state index in [1.54, 1.807) is 13.8 Å². The van der Waals surface area contributed by atoms with Gasteiger partial charge in [-0.1, -0.05) is 18.2 Å². The molecular formula is C16H23N3O3. The van der Waals surface area contributed by atoms with E-state index in [9.17, 15) is 9.59 Å². The summed E-state index contributed by atoms with van der Waals surface area (Å²) in [4.78, 5) is 23.6. The van der Waals surface area contributed by atoms with Crippen LogP contribution in [0.4, 0.5) is 5.69 Å². The van der Waals surface area contributed by atoms with Crippen molar-refractivity contribution in [3.8, 4) is 0 Å². The van der Waals surface area contributed by atoms with Gasteiger partial charge in [0.25, 0.3) is 0 Å². The molecular weight excluding hydrogens is 282 g/mol. The van der Waals surface area contributed by atoms with Crippen LogP contribution < -0.4 is 16.4 Å². The summed E-state index contributed by atoms with van der Waals surface area (Å²) in [6, 6.07) is 6.67. The van der Waals surface area contributed by atoms with E-state index in [4.69, 9.17) is 10.5 Å². The van der Waals surface area contributed by atoms with E-state index >= 15 is 0 Å². The zero-order valence-corrected chi connectivity index (χ0v) is 13.0. The second kappa shape index (κ2) is 7.26. The maximum atomic E-state index is 12.1. The van der Waals surface area contributed by atoms with Crippen molar-refractivity contribution in [3.05, 3.63) is 29.8 Å². The van der Waals surface area contributed by atoms with Crippen LogP contribution in [0.25, 0.3) is 0 Å². The average Bonchev–Trinajstić information content (AvgIpc) is 2.90. The zero-order valence-electron chi connectivity index (χ0n) is 13.0. The summed E-state index contributed by atoms with van der Waals surface area (Å²) >= 11 is 0. The third-order valence-electron chi connectivity index (χ3n) is 3.81. The molecule has 0 fully saturated rings. The van der Waals surface area contributed by atoms with Crippen molar-refractivity contribution < 1.29 is 14.3 Å². The number of rotatable bonds is 6. The molecule has 0 aromatic heterocycles. The lowest BCUT2D eigenvalue weighted by Gasteiger charge is -2.19. The molecule has 0 aliphatic carbocycles. The average molecular weight is 305 g/mol. The summed E-state index contributed by atoms with van der Waals surface area (Å²) in [6.45, 7) is 4.38. The van der Waals surface area contributed by atoms with E-state index in [0.29, 0.717) is 6.42 Å². The van der Waals surface area contributed by atoms with Gasteiger partial charge >= 0.3 is 5.97 Å². The molecule has 1 aromatic carbocycles. The SMILES string of the molecule is CCOC(=O)[C@H](C)NC(=O)[C@@H](N)CC1CNc2ccccc21. The highest BCUT2D eigenvalue weighted by Crippen LogP contribution is 2.33. The minimum atomic E-state index is -0.688. The van der Waals surface area contributed by atoms with Gasteiger partial charge in [-0.05, 0) is 31.9 Å². The summed E-state index contributed by atoms with van der Waals surface area (Å²) in [5, 5.41) is 5.91. The summed E-state index contributed by atoms with van der Waals surface area (Å²) in [5.74, 6) is -0.573. The third kappa shape index (κ3) is 3.76. The van der Waals surface area contributed by atoms with Gasteiger partial charge in [0.2, 0.25) is 5.91 Å². The molecule has 2 rings (SSSR count). The predicted octanol–water partition coefficient (Wildman–Crippen LogP) is 0.981. The Morgan fingerprint density at radius 1 is 1.45 bits per heavy atom. The number of carbonyl (C=O) groups is 2. The fourth-order valence-electron chi connectivity index (χ4n) is 2.63. The molecule has 0 saturated heterocycles. The molecule has 0 radical (unpaired) electrons. The highest BCUT2D eigenvalue weighted by molar-refractivity contribution is 5.87. The summed E-state index contributed by atoms with van der Waals surface area (Å²) in [5.41, 5.74) is 8.27. The van der Waals surface area contributed by atoms with Crippen LogP contribution in [0.2, 0.25) is 0 Å². The van der Waals surface area contributed by atoms with Crippen LogP contribution in [0.5, 0.6) is 0 Å². The van der Waals surface area contributed by atoms with Crippen LogP contribution in [0.3, 0.4) is 0 Å².